The van der Waals surface area contributed by atoms with Gasteiger partial charge in [0.25, 0.3) is 0 Å². The normalized spacial score (nSPS) is 12.2. The van der Waals surface area contributed by atoms with Crippen LogP contribution in [0.2, 0.25) is 0 Å². The second-order valence-electron chi connectivity index (χ2n) is 8.01. The van der Waals surface area contributed by atoms with E-state index in [-0.39, 0.29) is 34.5 Å². The Morgan fingerprint density at radius 1 is 0.853 bits per heavy atom. The first kappa shape index (κ1) is 25.7. The van der Waals surface area contributed by atoms with Crippen LogP contribution in [0.1, 0.15) is 19.4 Å². The molecular formula is C24H26FNO6S2. The molecule has 0 atom stereocenters. The molecule has 0 N–H and O–H groups in total. The lowest BCUT2D eigenvalue weighted by molar-refractivity contribution is 0.361. The number of halogens is 1. The largest absolute Gasteiger partial charge is 0.497 e. The van der Waals surface area contributed by atoms with E-state index in [9.17, 15) is 21.2 Å². The zero-order valence-corrected chi connectivity index (χ0v) is 20.6. The smallest absolute Gasteiger partial charge is 0.339 e. The van der Waals surface area contributed by atoms with Crippen LogP contribution in [0.3, 0.4) is 0 Å². The second-order valence-corrected chi connectivity index (χ2v) is 11.5. The van der Waals surface area contributed by atoms with Crippen molar-refractivity contribution < 1.29 is 30.1 Å². The number of nitrogens with zero attached hydrogens (tertiary/aromatic N) is 1. The first-order valence-corrected chi connectivity index (χ1v) is 13.3. The minimum absolute atomic E-state index is 0.0142. The van der Waals surface area contributed by atoms with E-state index in [4.69, 9.17) is 8.92 Å². The molecule has 0 heterocycles. The fraction of sp³-hybridized carbons (Fsp3) is 0.250. The number of methoxy groups -OCH3 is 1. The van der Waals surface area contributed by atoms with Gasteiger partial charge < -0.3 is 8.92 Å². The van der Waals surface area contributed by atoms with Crippen LogP contribution in [0.4, 0.5) is 4.39 Å². The van der Waals surface area contributed by atoms with E-state index in [0.717, 1.165) is 24.3 Å². The van der Waals surface area contributed by atoms with Gasteiger partial charge in [0.05, 0.1) is 12.0 Å². The van der Waals surface area contributed by atoms with Gasteiger partial charge >= 0.3 is 10.1 Å². The van der Waals surface area contributed by atoms with Crippen LogP contribution < -0.4 is 8.92 Å². The first-order valence-electron chi connectivity index (χ1n) is 10.4. The Hall–Kier alpha value is -2.95. The zero-order valence-electron chi connectivity index (χ0n) is 19.0. The number of ether oxygens (including phenoxy) is 1. The highest BCUT2D eigenvalue weighted by Gasteiger charge is 2.26. The molecule has 0 fully saturated rings. The quantitative estimate of drug-likeness (QED) is 0.377. The maximum absolute atomic E-state index is 13.3. The average molecular weight is 508 g/mol. The van der Waals surface area contributed by atoms with Gasteiger partial charge in [0.1, 0.15) is 22.2 Å². The SMILES string of the molecule is COc1ccc(S(=O)(=O)N(Cc2cccc(OS(=O)(=O)c3ccc(F)cc3)c2)CC(C)C)cc1. The van der Waals surface area contributed by atoms with Gasteiger partial charge in [-0.2, -0.15) is 12.7 Å². The maximum Gasteiger partial charge on any atom is 0.339 e. The van der Waals surface area contributed by atoms with Crippen molar-refractivity contribution in [2.75, 3.05) is 13.7 Å². The minimum Gasteiger partial charge on any atom is -0.497 e. The van der Waals surface area contributed by atoms with Crippen LogP contribution in [0.15, 0.2) is 82.6 Å². The minimum atomic E-state index is -4.18. The van der Waals surface area contributed by atoms with E-state index in [1.54, 1.807) is 24.3 Å². The lowest BCUT2D eigenvalue weighted by atomic mass is 10.2. The van der Waals surface area contributed by atoms with Crippen molar-refractivity contribution in [3.63, 3.8) is 0 Å². The van der Waals surface area contributed by atoms with Gasteiger partial charge in [0.2, 0.25) is 10.0 Å². The number of rotatable bonds is 10. The number of sulfonamides is 1. The van der Waals surface area contributed by atoms with Gasteiger partial charge in [-0.15, -0.1) is 0 Å². The molecule has 0 amide bonds. The fourth-order valence-corrected chi connectivity index (χ4v) is 5.74. The second kappa shape index (κ2) is 10.5. The fourth-order valence-electron chi connectivity index (χ4n) is 3.23. The zero-order chi connectivity index (χ0) is 24.9. The van der Waals surface area contributed by atoms with Crippen molar-refractivity contribution in [3.8, 4) is 11.5 Å². The summed E-state index contributed by atoms with van der Waals surface area (Å²) in [6.07, 6.45) is 0. The highest BCUT2D eigenvalue weighted by atomic mass is 32.2. The van der Waals surface area contributed by atoms with E-state index in [1.807, 2.05) is 13.8 Å². The molecule has 0 aromatic heterocycles. The molecule has 7 nitrogen and oxygen atoms in total. The summed E-state index contributed by atoms with van der Waals surface area (Å²) in [5, 5.41) is 0. The molecule has 0 saturated heterocycles. The number of hydrogen-bond acceptors (Lipinski definition) is 6. The average Bonchev–Trinajstić information content (AvgIpc) is 2.78. The lowest BCUT2D eigenvalue weighted by Crippen LogP contribution is -2.33. The molecule has 3 rings (SSSR count). The van der Waals surface area contributed by atoms with Crippen LogP contribution >= 0.6 is 0 Å². The van der Waals surface area contributed by atoms with Crippen molar-refractivity contribution in [2.45, 2.75) is 30.2 Å². The Labute approximate surface area is 199 Å². The van der Waals surface area contributed by atoms with Gasteiger partial charge in [-0.25, -0.2) is 12.8 Å². The molecule has 0 aliphatic heterocycles. The predicted octanol–water partition coefficient (Wildman–Crippen LogP) is 4.45. The summed E-state index contributed by atoms with van der Waals surface area (Å²) >= 11 is 0. The van der Waals surface area contributed by atoms with Crippen LogP contribution in [0.25, 0.3) is 0 Å². The lowest BCUT2D eigenvalue weighted by Gasteiger charge is -2.24. The Morgan fingerprint density at radius 3 is 2.06 bits per heavy atom. The first-order chi connectivity index (χ1) is 16.0. The molecule has 3 aromatic carbocycles. The molecule has 0 radical (unpaired) electrons. The van der Waals surface area contributed by atoms with E-state index in [2.05, 4.69) is 0 Å². The van der Waals surface area contributed by atoms with E-state index in [1.165, 1.54) is 35.7 Å². The van der Waals surface area contributed by atoms with Gasteiger partial charge in [-0.05, 0) is 72.1 Å². The third-order valence-corrected chi connectivity index (χ3v) is 7.92. The topological polar surface area (TPSA) is 90.0 Å². The Morgan fingerprint density at radius 2 is 1.47 bits per heavy atom. The van der Waals surface area contributed by atoms with Gasteiger partial charge in [-0.1, -0.05) is 26.0 Å². The maximum atomic E-state index is 13.3. The van der Waals surface area contributed by atoms with E-state index >= 15 is 0 Å². The molecule has 10 heteroatoms. The third-order valence-electron chi connectivity index (χ3n) is 4.83. The third kappa shape index (κ3) is 6.34. The summed E-state index contributed by atoms with van der Waals surface area (Å²) in [5.74, 6) is 0.0466. The highest BCUT2D eigenvalue weighted by molar-refractivity contribution is 7.89. The van der Waals surface area contributed by atoms with Gasteiger partial charge in [0.15, 0.2) is 0 Å². The summed E-state index contributed by atoms with van der Waals surface area (Å²) in [6.45, 7) is 4.09. The molecular weight excluding hydrogens is 481 g/mol. The summed E-state index contributed by atoms with van der Waals surface area (Å²) < 4.78 is 76.5. The van der Waals surface area contributed by atoms with Crippen LogP contribution in [-0.2, 0) is 26.7 Å². The summed E-state index contributed by atoms with van der Waals surface area (Å²) in [4.78, 5) is -0.0666. The monoisotopic (exact) mass is 507 g/mol. The molecule has 0 aliphatic rings. The van der Waals surface area contributed by atoms with Gasteiger partial charge in [-0.3, -0.25) is 0 Å². The van der Waals surface area contributed by atoms with Crippen molar-refractivity contribution in [1.82, 2.24) is 4.31 Å². The van der Waals surface area contributed by atoms with Crippen molar-refractivity contribution in [2.24, 2.45) is 5.92 Å². The Bertz CT molecular complexity index is 1320. The molecule has 3 aromatic rings. The van der Waals surface area contributed by atoms with Crippen LogP contribution in [0, 0.1) is 11.7 Å². The standard InChI is InChI=1S/C24H26FNO6S2/c1-18(2)16-26(33(27,28)23-13-9-21(31-3)10-14-23)17-19-5-4-6-22(15-19)32-34(29,30)24-11-7-20(25)8-12-24/h4-15,18H,16-17H2,1-3H3. The number of hydrogen-bond donors (Lipinski definition) is 0. The molecule has 0 spiro atoms. The van der Waals surface area contributed by atoms with Crippen molar-refractivity contribution >= 4 is 20.1 Å². The molecule has 0 unspecified atom stereocenters. The van der Waals surface area contributed by atoms with Crippen molar-refractivity contribution in [3.05, 3.63) is 84.2 Å². The summed E-state index contributed by atoms with van der Waals surface area (Å²) in [7, 11) is -6.51. The molecule has 0 bridgehead atoms. The molecule has 0 aliphatic carbocycles. The van der Waals surface area contributed by atoms with Crippen LogP contribution in [0.5, 0.6) is 11.5 Å². The van der Waals surface area contributed by atoms with E-state index in [0.29, 0.717) is 11.3 Å². The molecule has 182 valence electrons. The summed E-state index contributed by atoms with van der Waals surface area (Å²) in [5.41, 5.74) is 0.546. The highest BCUT2D eigenvalue weighted by Crippen LogP contribution is 2.25. The van der Waals surface area contributed by atoms with E-state index < -0.39 is 26.0 Å². The number of benzene rings is 3. The Kier molecular flexibility index (Phi) is 7.96. The van der Waals surface area contributed by atoms with Crippen LogP contribution in [-0.4, -0.2) is 34.8 Å². The summed E-state index contributed by atoms with van der Waals surface area (Å²) in [6, 6.07) is 16.6. The molecule has 34 heavy (non-hydrogen) atoms. The van der Waals surface area contributed by atoms with Gasteiger partial charge in [0, 0.05) is 13.1 Å². The van der Waals surface area contributed by atoms with Crippen molar-refractivity contribution in [1.29, 1.82) is 0 Å². The Balaban J connectivity index is 1.86. The molecule has 0 saturated carbocycles. The predicted molar refractivity (Wildman–Crippen MR) is 126 cm³/mol.